The van der Waals surface area contributed by atoms with E-state index in [-0.39, 0.29) is 29.3 Å². The summed E-state index contributed by atoms with van der Waals surface area (Å²) in [6.07, 6.45) is 1.60. The molecule has 1 rings (SSSR count). The third-order valence-corrected chi connectivity index (χ3v) is 5.22. The Morgan fingerprint density at radius 3 is 2.22 bits per heavy atom. The van der Waals surface area contributed by atoms with Crippen LogP contribution in [-0.4, -0.2) is 38.5 Å². The summed E-state index contributed by atoms with van der Waals surface area (Å²) < 4.78 is 22.3. The molecular formula is C17H28N2O3S. The van der Waals surface area contributed by atoms with Gasteiger partial charge < -0.3 is 10.6 Å². The van der Waals surface area contributed by atoms with E-state index in [1.54, 1.807) is 6.92 Å². The van der Waals surface area contributed by atoms with Crippen LogP contribution in [-0.2, 0) is 15.3 Å². The average molecular weight is 340 g/mol. The minimum atomic E-state index is -3.01. The van der Waals surface area contributed by atoms with Crippen molar-refractivity contribution in [1.29, 1.82) is 0 Å². The van der Waals surface area contributed by atoms with Crippen molar-refractivity contribution in [2.45, 2.75) is 51.6 Å². The van der Waals surface area contributed by atoms with Crippen LogP contribution in [0, 0.1) is 0 Å². The smallest absolute Gasteiger partial charge is 0.315 e. The molecule has 6 heteroatoms. The van der Waals surface area contributed by atoms with E-state index in [0.717, 1.165) is 5.56 Å². The zero-order valence-corrected chi connectivity index (χ0v) is 15.4. The third-order valence-electron chi connectivity index (χ3n) is 4.25. The Bertz CT molecular complexity index is 612. The van der Waals surface area contributed by atoms with Gasteiger partial charge in [0.05, 0.1) is 5.75 Å². The summed E-state index contributed by atoms with van der Waals surface area (Å²) in [5.74, 6) is 0.0690. The summed E-state index contributed by atoms with van der Waals surface area (Å²) in [5, 5.41) is 5.74. The number of carbonyl (C=O) groups excluding carboxylic acids is 1. The third kappa shape index (κ3) is 6.60. The fourth-order valence-electron chi connectivity index (χ4n) is 2.22. The number of carbonyl (C=O) groups is 1. The first-order chi connectivity index (χ1) is 10.5. The van der Waals surface area contributed by atoms with Crippen LogP contribution in [0.1, 0.15) is 39.7 Å². The lowest BCUT2D eigenvalue weighted by molar-refractivity contribution is 0.228. The molecule has 0 radical (unpaired) electrons. The first-order valence-corrected chi connectivity index (χ1v) is 9.88. The minimum Gasteiger partial charge on any atom is -0.336 e. The summed E-state index contributed by atoms with van der Waals surface area (Å²) in [6.45, 7) is 7.94. The summed E-state index contributed by atoms with van der Waals surface area (Å²) in [4.78, 5) is 12.1. The maximum atomic E-state index is 12.1. The Hall–Kier alpha value is -1.56. The van der Waals surface area contributed by atoms with E-state index in [9.17, 15) is 13.2 Å². The van der Waals surface area contributed by atoms with Gasteiger partial charge in [0.25, 0.3) is 0 Å². The monoisotopic (exact) mass is 340 g/mol. The summed E-state index contributed by atoms with van der Waals surface area (Å²) >= 11 is 0. The van der Waals surface area contributed by atoms with Gasteiger partial charge in [-0.05, 0) is 25.8 Å². The molecule has 1 aromatic rings. The van der Waals surface area contributed by atoms with Crippen LogP contribution < -0.4 is 10.6 Å². The molecular weight excluding hydrogens is 312 g/mol. The van der Waals surface area contributed by atoms with Crippen LogP contribution in [0.15, 0.2) is 30.3 Å². The highest BCUT2D eigenvalue weighted by molar-refractivity contribution is 7.90. The van der Waals surface area contributed by atoms with Gasteiger partial charge in [0.2, 0.25) is 0 Å². The van der Waals surface area contributed by atoms with E-state index >= 15 is 0 Å². The summed E-state index contributed by atoms with van der Waals surface area (Å²) in [5.41, 5.74) is 0.937. The van der Waals surface area contributed by atoms with Gasteiger partial charge in [0.15, 0.2) is 0 Å². The second-order valence-corrected chi connectivity index (χ2v) is 9.01. The fraction of sp³-hybridized carbons (Fsp3) is 0.588. The molecule has 0 saturated carbocycles. The average Bonchev–Trinajstić information content (AvgIpc) is 2.45. The van der Waals surface area contributed by atoms with E-state index in [4.69, 9.17) is 0 Å². The van der Waals surface area contributed by atoms with Gasteiger partial charge in [-0.3, -0.25) is 0 Å². The van der Waals surface area contributed by atoms with Crippen molar-refractivity contribution in [1.82, 2.24) is 10.6 Å². The predicted molar refractivity (Wildman–Crippen MR) is 94.4 cm³/mol. The molecule has 0 bridgehead atoms. The van der Waals surface area contributed by atoms with Gasteiger partial charge in [-0.1, -0.05) is 44.2 Å². The number of hydrogen-bond donors (Lipinski definition) is 2. The maximum Gasteiger partial charge on any atom is 0.315 e. The first-order valence-electron chi connectivity index (χ1n) is 7.82. The molecule has 0 unspecified atom stereocenters. The predicted octanol–water partition coefficient (Wildman–Crippen LogP) is 2.48. The normalized spacial score (nSPS) is 14.8. The maximum absolute atomic E-state index is 12.1. The highest BCUT2D eigenvalue weighted by Gasteiger charge is 2.29. The van der Waals surface area contributed by atoms with Gasteiger partial charge >= 0.3 is 6.03 Å². The lowest BCUT2D eigenvalue weighted by Crippen LogP contribution is -2.51. The summed E-state index contributed by atoms with van der Waals surface area (Å²) in [7, 11) is -3.01. The van der Waals surface area contributed by atoms with E-state index in [1.807, 2.05) is 37.3 Å². The van der Waals surface area contributed by atoms with Crippen molar-refractivity contribution < 1.29 is 13.2 Å². The van der Waals surface area contributed by atoms with Gasteiger partial charge in [0.1, 0.15) is 9.84 Å². The minimum absolute atomic E-state index is 0.0690. The number of urea groups is 1. The molecule has 0 saturated heterocycles. The van der Waals surface area contributed by atoms with Crippen LogP contribution in [0.2, 0.25) is 0 Å². The highest BCUT2D eigenvalue weighted by Crippen LogP contribution is 2.26. The topological polar surface area (TPSA) is 75.3 Å². The van der Waals surface area contributed by atoms with Gasteiger partial charge in [-0.2, -0.15) is 0 Å². The molecule has 0 aliphatic heterocycles. The van der Waals surface area contributed by atoms with Crippen LogP contribution in [0.25, 0.3) is 0 Å². The highest BCUT2D eigenvalue weighted by atomic mass is 32.2. The molecule has 0 spiro atoms. The Balaban J connectivity index is 2.56. The van der Waals surface area contributed by atoms with Crippen LogP contribution in [0.4, 0.5) is 4.79 Å². The van der Waals surface area contributed by atoms with Gasteiger partial charge in [0, 0.05) is 23.8 Å². The fourth-order valence-corrected chi connectivity index (χ4v) is 3.00. The number of rotatable bonds is 7. The SMILES string of the molecule is C[C@H](CCS(C)(=O)=O)NC(=O)N[C@@H](C)C(C)(C)c1ccccc1. The van der Waals surface area contributed by atoms with E-state index in [2.05, 4.69) is 24.5 Å². The Morgan fingerprint density at radius 1 is 1.13 bits per heavy atom. The van der Waals surface area contributed by atoms with Crippen LogP contribution in [0.5, 0.6) is 0 Å². The van der Waals surface area contributed by atoms with Gasteiger partial charge in [-0.15, -0.1) is 0 Å². The van der Waals surface area contributed by atoms with Crippen molar-refractivity contribution in [2.24, 2.45) is 0 Å². The van der Waals surface area contributed by atoms with Crippen LogP contribution >= 0.6 is 0 Å². The molecule has 0 fully saturated rings. The number of sulfone groups is 1. The number of nitrogens with one attached hydrogen (secondary N) is 2. The molecule has 23 heavy (non-hydrogen) atoms. The van der Waals surface area contributed by atoms with Gasteiger partial charge in [-0.25, -0.2) is 13.2 Å². The van der Waals surface area contributed by atoms with Crippen molar-refractivity contribution in [3.8, 4) is 0 Å². The Morgan fingerprint density at radius 2 is 1.70 bits per heavy atom. The Labute approximate surface area is 139 Å². The number of hydrogen-bond acceptors (Lipinski definition) is 3. The van der Waals surface area contributed by atoms with Crippen LogP contribution in [0.3, 0.4) is 0 Å². The van der Waals surface area contributed by atoms with Crippen molar-refractivity contribution >= 4 is 15.9 Å². The number of amides is 2. The molecule has 0 heterocycles. The van der Waals surface area contributed by atoms with Crippen molar-refractivity contribution in [3.63, 3.8) is 0 Å². The van der Waals surface area contributed by atoms with E-state index in [1.165, 1.54) is 6.26 Å². The standard InChI is InChI=1S/C17H28N2O3S/c1-13(11-12-23(5,21)22)18-16(20)19-14(2)17(3,4)15-9-7-6-8-10-15/h6-10,13-14H,11-12H2,1-5H3,(H2,18,19,20)/t13-,14+/m1/s1. The largest absolute Gasteiger partial charge is 0.336 e. The molecule has 2 amide bonds. The second kappa shape index (κ2) is 7.81. The molecule has 5 nitrogen and oxygen atoms in total. The van der Waals surface area contributed by atoms with Crippen molar-refractivity contribution in [3.05, 3.63) is 35.9 Å². The summed E-state index contributed by atoms with van der Waals surface area (Å²) in [6, 6.07) is 9.48. The number of benzene rings is 1. The first kappa shape index (κ1) is 19.5. The second-order valence-electron chi connectivity index (χ2n) is 6.75. The molecule has 0 aliphatic rings. The quantitative estimate of drug-likeness (QED) is 0.801. The van der Waals surface area contributed by atoms with Crippen molar-refractivity contribution in [2.75, 3.05) is 12.0 Å². The van der Waals surface area contributed by atoms with E-state index in [0.29, 0.717) is 6.42 Å². The zero-order valence-electron chi connectivity index (χ0n) is 14.6. The lowest BCUT2D eigenvalue weighted by Gasteiger charge is -2.33. The van der Waals surface area contributed by atoms with E-state index < -0.39 is 9.84 Å². The lowest BCUT2D eigenvalue weighted by atomic mass is 9.78. The molecule has 130 valence electrons. The molecule has 2 N–H and O–H groups in total. The molecule has 0 aromatic heterocycles. The Kier molecular flexibility index (Phi) is 6.62. The molecule has 1 aromatic carbocycles. The molecule has 2 atom stereocenters. The molecule has 0 aliphatic carbocycles. The zero-order chi connectivity index (χ0) is 17.7.